The Bertz CT molecular complexity index is 842. The van der Waals surface area contributed by atoms with E-state index in [0.717, 1.165) is 12.8 Å². The molecule has 0 saturated carbocycles. The molecule has 25 heavy (non-hydrogen) atoms. The number of ether oxygens (including phenoxy) is 1. The number of carbonyl (C=O) groups is 1. The number of sulfonamides is 1. The summed E-state index contributed by atoms with van der Waals surface area (Å²) in [7, 11) is -3.64. The first-order valence-corrected chi connectivity index (χ1v) is 10.5. The van der Waals surface area contributed by atoms with E-state index >= 15 is 0 Å². The van der Waals surface area contributed by atoms with Crippen molar-refractivity contribution in [3.05, 3.63) is 40.6 Å². The molecule has 2 heterocycles. The van der Waals surface area contributed by atoms with Crippen LogP contribution in [0.4, 0.5) is 5.69 Å². The average molecular weight is 380 g/mol. The Kier molecular flexibility index (Phi) is 5.41. The SMILES string of the molecule is CCOc1ccc(NC(=O)c2ccsc2)cc1S(=O)(=O)N1CCCC1. The fraction of sp³-hybridized carbons (Fsp3) is 0.353. The van der Waals surface area contributed by atoms with Crippen molar-refractivity contribution in [2.24, 2.45) is 0 Å². The monoisotopic (exact) mass is 380 g/mol. The van der Waals surface area contributed by atoms with E-state index < -0.39 is 10.0 Å². The molecule has 2 aromatic rings. The predicted octanol–water partition coefficient (Wildman–Crippen LogP) is 3.18. The Morgan fingerprint density at radius 2 is 2.04 bits per heavy atom. The minimum atomic E-state index is -3.64. The predicted molar refractivity (Wildman–Crippen MR) is 97.9 cm³/mol. The molecule has 1 amide bonds. The van der Waals surface area contributed by atoms with Gasteiger partial charge in [0.25, 0.3) is 5.91 Å². The zero-order valence-electron chi connectivity index (χ0n) is 13.9. The maximum Gasteiger partial charge on any atom is 0.256 e. The number of hydrogen-bond donors (Lipinski definition) is 1. The highest BCUT2D eigenvalue weighted by Crippen LogP contribution is 2.31. The lowest BCUT2D eigenvalue weighted by Gasteiger charge is -2.19. The van der Waals surface area contributed by atoms with E-state index in [9.17, 15) is 13.2 Å². The maximum atomic E-state index is 12.9. The van der Waals surface area contributed by atoms with Gasteiger partial charge in [-0.1, -0.05) is 0 Å². The van der Waals surface area contributed by atoms with Crippen LogP contribution in [0.5, 0.6) is 5.75 Å². The van der Waals surface area contributed by atoms with Crippen LogP contribution in [0.15, 0.2) is 39.9 Å². The summed E-state index contributed by atoms with van der Waals surface area (Å²) in [4.78, 5) is 12.3. The molecular formula is C17H20N2O4S2. The zero-order valence-corrected chi connectivity index (χ0v) is 15.5. The fourth-order valence-electron chi connectivity index (χ4n) is 2.73. The fourth-order valence-corrected chi connectivity index (χ4v) is 5.04. The van der Waals surface area contributed by atoms with Crippen LogP contribution in [0.25, 0.3) is 0 Å². The smallest absolute Gasteiger partial charge is 0.256 e. The Hall–Kier alpha value is -1.90. The van der Waals surface area contributed by atoms with Crippen molar-refractivity contribution in [2.75, 3.05) is 25.0 Å². The minimum Gasteiger partial charge on any atom is -0.492 e. The Morgan fingerprint density at radius 3 is 2.68 bits per heavy atom. The van der Waals surface area contributed by atoms with Gasteiger partial charge in [-0.05, 0) is 49.4 Å². The summed E-state index contributed by atoms with van der Waals surface area (Å²) < 4.78 is 32.8. The van der Waals surface area contributed by atoms with Crippen molar-refractivity contribution in [3.63, 3.8) is 0 Å². The third-order valence-corrected chi connectivity index (χ3v) is 6.57. The van der Waals surface area contributed by atoms with E-state index in [4.69, 9.17) is 4.74 Å². The Balaban J connectivity index is 1.93. The first kappa shape index (κ1) is 17.9. The Morgan fingerprint density at radius 1 is 1.28 bits per heavy atom. The highest BCUT2D eigenvalue weighted by Gasteiger charge is 2.30. The van der Waals surface area contributed by atoms with E-state index in [2.05, 4.69) is 5.32 Å². The number of carbonyl (C=O) groups excluding carboxylic acids is 1. The van der Waals surface area contributed by atoms with Crippen LogP contribution in [0, 0.1) is 0 Å². The summed E-state index contributed by atoms with van der Waals surface area (Å²) in [6.07, 6.45) is 1.72. The van der Waals surface area contributed by atoms with Gasteiger partial charge in [-0.2, -0.15) is 15.6 Å². The number of nitrogens with one attached hydrogen (secondary N) is 1. The standard InChI is InChI=1S/C17H20N2O4S2/c1-2-23-15-6-5-14(18-17(20)13-7-10-24-12-13)11-16(15)25(21,22)19-8-3-4-9-19/h5-7,10-12H,2-4,8-9H2,1H3,(H,18,20). The van der Waals surface area contributed by atoms with Gasteiger partial charge in [0, 0.05) is 24.2 Å². The van der Waals surface area contributed by atoms with Crippen molar-refractivity contribution in [2.45, 2.75) is 24.7 Å². The van der Waals surface area contributed by atoms with E-state index in [1.165, 1.54) is 21.7 Å². The molecule has 1 aliphatic rings. The van der Waals surface area contributed by atoms with Gasteiger partial charge in [0.2, 0.25) is 10.0 Å². The molecule has 0 atom stereocenters. The normalized spacial score (nSPS) is 15.2. The maximum absolute atomic E-state index is 12.9. The van der Waals surface area contributed by atoms with Crippen molar-refractivity contribution in [3.8, 4) is 5.75 Å². The van der Waals surface area contributed by atoms with Crippen molar-refractivity contribution in [1.82, 2.24) is 4.31 Å². The molecule has 0 radical (unpaired) electrons. The minimum absolute atomic E-state index is 0.0966. The lowest BCUT2D eigenvalue weighted by atomic mass is 10.2. The first-order chi connectivity index (χ1) is 12.0. The van der Waals surface area contributed by atoms with Gasteiger partial charge in [0.05, 0.1) is 12.2 Å². The molecule has 1 aliphatic heterocycles. The van der Waals surface area contributed by atoms with Crippen LogP contribution in [-0.2, 0) is 10.0 Å². The van der Waals surface area contributed by atoms with Crippen molar-refractivity contribution >= 4 is 33.0 Å². The molecule has 8 heteroatoms. The molecule has 1 aromatic carbocycles. The van der Waals surface area contributed by atoms with E-state index in [-0.39, 0.29) is 10.8 Å². The summed E-state index contributed by atoms with van der Waals surface area (Å²) in [5, 5.41) is 6.30. The number of nitrogens with zero attached hydrogens (tertiary/aromatic N) is 1. The molecular weight excluding hydrogens is 360 g/mol. The van der Waals surface area contributed by atoms with Gasteiger partial charge in [0.15, 0.2) is 0 Å². The summed E-state index contributed by atoms with van der Waals surface area (Å²) in [6, 6.07) is 6.44. The van der Waals surface area contributed by atoms with Gasteiger partial charge < -0.3 is 10.1 Å². The van der Waals surface area contributed by atoms with E-state index in [1.807, 2.05) is 5.38 Å². The molecule has 6 nitrogen and oxygen atoms in total. The van der Waals surface area contributed by atoms with Crippen LogP contribution in [-0.4, -0.2) is 38.3 Å². The molecule has 0 spiro atoms. The van der Waals surface area contributed by atoms with Crippen LogP contribution >= 0.6 is 11.3 Å². The van der Waals surface area contributed by atoms with Gasteiger partial charge in [0.1, 0.15) is 10.6 Å². The highest BCUT2D eigenvalue weighted by molar-refractivity contribution is 7.89. The second kappa shape index (κ2) is 7.55. The zero-order chi connectivity index (χ0) is 17.9. The van der Waals surface area contributed by atoms with Gasteiger partial charge in [-0.3, -0.25) is 4.79 Å². The second-order valence-corrected chi connectivity index (χ2v) is 8.36. The molecule has 134 valence electrons. The van der Waals surface area contributed by atoms with Crippen LogP contribution in [0.2, 0.25) is 0 Å². The summed E-state index contributed by atoms with van der Waals surface area (Å²) >= 11 is 1.43. The highest BCUT2D eigenvalue weighted by atomic mass is 32.2. The number of benzene rings is 1. The van der Waals surface area contributed by atoms with Crippen LogP contribution in [0.3, 0.4) is 0 Å². The van der Waals surface area contributed by atoms with Crippen LogP contribution < -0.4 is 10.1 Å². The molecule has 1 saturated heterocycles. The number of rotatable bonds is 6. The second-order valence-electron chi connectivity index (χ2n) is 5.67. The third-order valence-electron chi connectivity index (χ3n) is 3.97. The molecule has 0 bridgehead atoms. The van der Waals surface area contributed by atoms with E-state index in [0.29, 0.717) is 36.7 Å². The summed E-state index contributed by atoms with van der Waals surface area (Å²) in [5.41, 5.74) is 0.972. The van der Waals surface area contributed by atoms with Crippen molar-refractivity contribution in [1.29, 1.82) is 0 Å². The molecule has 1 fully saturated rings. The van der Waals surface area contributed by atoms with E-state index in [1.54, 1.807) is 30.5 Å². The number of thiophene rings is 1. The summed E-state index contributed by atoms with van der Waals surface area (Å²) in [6.45, 7) is 3.19. The Labute approximate surface area is 151 Å². The van der Waals surface area contributed by atoms with Gasteiger partial charge in [-0.25, -0.2) is 8.42 Å². The molecule has 3 rings (SSSR count). The lowest BCUT2D eigenvalue weighted by Crippen LogP contribution is -2.28. The van der Waals surface area contributed by atoms with Gasteiger partial charge >= 0.3 is 0 Å². The molecule has 0 aliphatic carbocycles. The number of anilines is 1. The first-order valence-electron chi connectivity index (χ1n) is 8.13. The van der Waals surface area contributed by atoms with Crippen molar-refractivity contribution < 1.29 is 17.9 Å². The topological polar surface area (TPSA) is 75.7 Å². The molecule has 1 N–H and O–H groups in total. The van der Waals surface area contributed by atoms with Gasteiger partial charge in [-0.15, -0.1) is 0 Å². The third kappa shape index (κ3) is 3.86. The largest absolute Gasteiger partial charge is 0.492 e. The average Bonchev–Trinajstić information content (AvgIpc) is 3.30. The quantitative estimate of drug-likeness (QED) is 0.835. The lowest BCUT2D eigenvalue weighted by molar-refractivity contribution is 0.102. The molecule has 1 aromatic heterocycles. The number of amides is 1. The number of hydrogen-bond acceptors (Lipinski definition) is 5. The molecule has 0 unspecified atom stereocenters. The van der Waals surface area contributed by atoms with Crippen LogP contribution in [0.1, 0.15) is 30.1 Å². The summed E-state index contributed by atoms with van der Waals surface area (Å²) in [5.74, 6) is 0.0397.